The van der Waals surface area contributed by atoms with Crippen LogP contribution >= 0.6 is 0 Å². The first kappa shape index (κ1) is 17.4. The maximum absolute atomic E-state index is 12.5. The molecule has 1 aliphatic rings. The van der Waals surface area contributed by atoms with Gasteiger partial charge in [0.1, 0.15) is 0 Å². The number of rotatable bonds is 9. The van der Waals surface area contributed by atoms with Crippen molar-refractivity contribution < 1.29 is 14.3 Å². The van der Waals surface area contributed by atoms with Crippen LogP contribution in [0.5, 0.6) is 0 Å². The average Bonchev–Trinajstić information content (AvgIpc) is 2.42. The molecule has 1 saturated carbocycles. The van der Waals surface area contributed by atoms with Gasteiger partial charge in [-0.3, -0.25) is 4.79 Å². The molecule has 20 heavy (non-hydrogen) atoms. The summed E-state index contributed by atoms with van der Waals surface area (Å²) in [6, 6.07) is 0. The van der Waals surface area contributed by atoms with E-state index in [4.69, 9.17) is 15.2 Å². The van der Waals surface area contributed by atoms with Crippen molar-refractivity contribution in [2.75, 3.05) is 40.5 Å². The van der Waals surface area contributed by atoms with Gasteiger partial charge in [-0.05, 0) is 19.3 Å². The topological polar surface area (TPSA) is 64.8 Å². The zero-order valence-electron chi connectivity index (χ0n) is 13.0. The number of hydrogen-bond donors (Lipinski definition) is 1. The van der Waals surface area contributed by atoms with Crippen molar-refractivity contribution in [3.8, 4) is 0 Å². The van der Waals surface area contributed by atoms with Crippen LogP contribution in [0.25, 0.3) is 0 Å². The molecule has 0 bridgehead atoms. The Morgan fingerprint density at radius 2 is 1.75 bits per heavy atom. The molecule has 5 nitrogen and oxygen atoms in total. The van der Waals surface area contributed by atoms with Crippen LogP contribution in [0.2, 0.25) is 0 Å². The lowest BCUT2D eigenvalue weighted by Crippen LogP contribution is -2.47. The Morgan fingerprint density at radius 3 is 2.35 bits per heavy atom. The molecule has 1 aliphatic carbocycles. The number of hydrogen-bond acceptors (Lipinski definition) is 4. The number of methoxy groups -OCH3 is 2. The summed E-state index contributed by atoms with van der Waals surface area (Å²) in [7, 11) is 3.33. The smallest absolute Gasteiger partial charge is 0.224 e. The molecule has 0 aromatic carbocycles. The molecule has 0 heterocycles. The van der Waals surface area contributed by atoms with Gasteiger partial charge in [0.05, 0.1) is 6.61 Å². The highest BCUT2D eigenvalue weighted by Crippen LogP contribution is 2.29. The van der Waals surface area contributed by atoms with Crippen molar-refractivity contribution in [1.82, 2.24) is 4.90 Å². The summed E-state index contributed by atoms with van der Waals surface area (Å²) in [6.45, 7) is 2.59. The minimum atomic E-state index is -0.290. The molecule has 0 saturated heterocycles. The van der Waals surface area contributed by atoms with Crippen LogP contribution in [0.15, 0.2) is 0 Å². The summed E-state index contributed by atoms with van der Waals surface area (Å²) < 4.78 is 10.1. The summed E-state index contributed by atoms with van der Waals surface area (Å²) in [4.78, 5) is 14.3. The molecule has 118 valence electrons. The molecule has 0 aromatic heterocycles. The molecule has 0 radical (unpaired) electrons. The third-order valence-electron chi connectivity index (χ3n) is 4.05. The zero-order chi connectivity index (χ0) is 14.8. The van der Waals surface area contributed by atoms with E-state index in [1.165, 1.54) is 6.42 Å². The molecule has 0 atom stereocenters. The Balaban J connectivity index is 2.47. The molecule has 0 aliphatic heterocycles. The van der Waals surface area contributed by atoms with Crippen LogP contribution in [0.3, 0.4) is 0 Å². The van der Waals surface area contributed by atoms with Crippen molar-refractivity contribution in [3.05, 3.63) is 0 Å². The number of carbonyl (C=O) groups excluding carboxylic acids is 1. The van der Waals surface area contributed by atoms with Crippen LogP contribution in [0.1, 0.15) is 44.9 Å². The van der Waals surface area contributed by atoms with E-state index < -0.39 is 0 Å². The molecule has 1 amide bonds. The van der Waals surface area contributed by atoms with E-state index in [0.717, 1.165) is 32.1 Å². The summed E-state index contributed by atoms with van der Waals surface area (Å²) in [5.74, 6) is 0.155. The average molecular weight is 286 g/mol. The fourth-order valence-electron chi connectivity index (χ4n) is 2.81. The second-order valence-corrected chi connectivity index (χ2v) is 5.82. The van der Waals surface area contributed by atoms with E-state index in [-0.39, 0.29) is 11.4 Å². The second kappa shape index (κ2) is 9.32. The van der Waals surface area contributed by atoms with Gasteiger partial charge in [0, 0.05) is 45.9 Å². The molecule has 0 aromatic rings. The maximum Gasteiger partial charge on any atom is 0.224 e. The van der Waals surface area contributed by atoms with E-state index in [2.05, 4.69) is 0 Å². The van der Waals surface area contributed by atoms with Gasteiger partial charge in [0.25, 0.3) is 0 Å². The number of nitrogens with two attached hydrogens (primary N) is 1. The Hall–Kier alpha value is -0.650. The molecule has 2 N–H and O–H groups in total. The SMILES string of the molecule is COCCCN(CCOC)C(=O)CC1(N)CCCCC1. The Labute approximate surface area is 122 Å². The van der Waals surface area contributed by atoms with E-state index in [0.29, 0.717) is 32.7 Å². The molecule has 0 unspecified atom stereocenters. The monoisotopic (exact) mass is 286 g/mol. The molecular formula is C15H30N2O3. The van der Waals surface area contributed by atoms with Gasteiger partial charge in [0.15, 0.2) is 0 Å². The highest BCUT2D eigenvalue weighted by molar-refractivity contribution is 5.77. The van der Waals surface area contributed by atoms with Crippen molar-refractivity contribution in [1.29, 1.82) is 0 Å². The van der Waals surface area contributed by atoms with Crippen LogP contribution in [0.4, 0.5) is 0 Å². The minimum Gasteiger partial charge on any atom is -0.385 e. The molecule has 1 rings (SSSR count). The van der Waals surface area contributed by atoms with Crippen LogP contribution in [0, 0.1) is 0 Å². The minimum absolute atomic E-state index is 0.155. The van der Waals surface area contributed by atoms with Gasteiger partial charge < -0.3 is 20.1 Å². The summed E-state index contributed by atoms with van der Waals surface area (Å²) in [5.41, 5.74) is 6.09. The largest absolute Gasteiger partial charge is 0.385 e. The molecular weight excluding hydrogens is 256 g/mol. The zero-order valence-corrected chi connectivity index (χ0v) is 13.0. The van der Waals surface area contributed by atoms with Crippen LogP contribution < -0.4 is 5.73 Å². The van der Waals surface area contributed by atoms with Gasteiger partial charge in [-0.15, -0.1) is 0 Å². The fraction of sp³-hybridized carbons (Fsp3) is 0.933. The first-order valence-corrected chi connectivity index (χ1v) is 7.66. The predicted molar refractivity (Wildman–Crippen MR) is 79.6 cm³/mol. The van der Waals surface area contributed by atoms with Gasteiger partial charge in [-0.2, -0.15) is 0 Å². The van der Waals surface area contributed by atoms with Gasteiger partial charge in [-0.25, -0.2) is 0 Å². The summed E-state index contributed by atoms with van der Waals surface area (Å²) in [6.07, 6.45) is 6.78. The number of ether oxygens (including phenoxy) is 2. The van der Waals surface area contributed by atoms with E-state index in [1.54, 1.807) is 14.2 Å². The van der Waals surface area contributed by atoms with Gasteiger partial charge in [0.2, 0.25) is 5.91 Å². The highest BCUT2D eigenvalue weighted by Gasteiger charge is 2.31. The molecule has 5 heteroatoms. The van der Waals surface area contributed by atoms with Gasteiger partial charge in [-0.1, -0.05) is 19.3 Å². The normalized spacial score (nSPS) is 17.9. The quantitative estimate of drug-likeness (QED) is 0.653. The molecule has 1 fully saturated rings. The lowest BCUT2D eigenvalue weighted by atomic mass is 9.80. The van der Waals surface area contributed by atoms with Crippen LogP contribution in [-0.2, 0) is 14.3 Å². The van der Waals surface area contributed by atoms with Crippen molar-refractivity contribution >= 4 is 5.91 Å². The maximum atomic E-state index is 12.5. The van der Waals surface area contributed by atoms with Crippen LogP contribution in [-0.4, -0.2) is 56.9 Å². The Morgan fingerprint density at radius 1 is 1.10 bits per heavy atom. The lowest BCUT2D eigenvalue weighted by Gasteiger charge is -2.35. The lowest BCUT2D eigenvalue weighted by molar-refractivity contribution is -0.133. The number of carbonyl (C=O) groups is 1. The number of amides is 1. The van der Waals surface area contributed by atoms with Crippen molar-refractivity contribution in [3.63, 3.8) is 0 Å². The first-order chi connectivity index (χ1) is 9.61. The number of nitrogens with zero attached hydrogens (tertiary/aromatic N) is 1. The van der Waals surface area contributed by atoms with E-state index >= 15 is 0 Å². The second-order valence-electron chi connectivity index (χ2n) is 5.82. The fourth-order valence-corrected chi connectivity index (χ4v) is 2.81. The van der Waals surface area contributed by atoms with Gasteiger partial charge >= 0.3 is 0 Å². The third kappa shape index (κ3) is 6.20. The first-order valence-electron chi connectivity index (χ1n) is 7.66. The predicted octanol–water partition coefficient (Wildman–Crippen LogP) is 1.55. The Bertz CT molecular complexity index is 278. The summed E-state index contributed by atoms with van der Waals surface area (Å²) >= 11 is 0. The molecule has 0 spiro atoms. The Kier molecular flexibility index (Phi) is 8.11. The highest BCUT2D eigenvalue weighted by atomic mass is 16.5. The summed E-state index contributed by atoms with van der Waals surface area (Å²) in [5, 5.41) is 0. The van der Waals surface area contributed by atoms with Crippen molar-refractivity contribution in [2.24, 2.45) is 5.73 Å². The van der Waals surface area contributed by atoms with E-state index in [1.807, 2.05) is 4.90 Å². The van der Waals surface area contributed by atoms with E-state index in [9.17, 15) is 4.79 Å². The third-order valence-corrected chi connectivity index (χ3v) is 4.05. The standard InChI is InChI=1S/C15H30N2O3/c1-19-11-6-9-17(10-12-20-2)14(18)13-15(16)7-4-3-5-8-15/h3-13,16H2,1-2H3. The van der Waals surface area contributed by atoms with Crippen molar-refractivity contribution in [2.45, 2.75) is 50.5 Å².